The quantitative estimate of drug-likeness (QED) is 0.444. The summed E-state index contributed by atoms with van der Waals surface area (Å²) in [5, 5.41) is 10.5. The molecule has 0 fully saturated rings. The minimum atomic E-state index is -0.445. The molecular weight excluding hydrogens is 194 g/mol. The number of non-ortho nitro benzene ring substituents is 1. The third-order valence-corrected chi connectivity index (χ3v) is 1.91. The van der Waals surface area contributed by atoms with E-state index in [2.05, 4.69) is 0 Å². The number of hydrogen-bond donors (Lipinski definition) is 2. The number of nitrogens with zero attached hydrogens (tertiary/aromatic N) is 1. The zero-order chi connectivity index (χ0) is 11.3. The van der Waals surface area contributed by atoms with Crippen molar-refractivity contribution in [2.24, 2.45) is 5.73 Å². The fraction of sp³-hybridized carbons (Fsp3) is 0.200. The Morgan fingerprint density at radius 3 is 2.80 bits per heavy atom. The number of rotatable bonds is 4. The number of nitro groups is 1. The lowest BCUT2D eigenvalue weighted by Gasteiger charge is -1.99. The van der Waals surface area contributed by atoms with Crippen LogP contribution in [0.15, 0.2) is 24.3 Å². The maximum atomic E-state index is 10.5. The zero-order valence-electron chi connectivity index (χ0n) is 8.22. The Hall–Kier alpha value is -1.88. The summed E-state index contributed by atoms with van der Waals surface area (Å²) < 4.78 is 0. The highest BCUT2D eigenvalue weighted by molar-refractivity contribution is 5.67. The summed E-state index contributed by atoms with van der Waals surface area (Å²) in [6.07, 6.45) is 4.31. The lowest BCUT2D eigenvalue weighted by molar-refractivity contribution is -0.384. The monoisotopic (exact) mass is 207 g/mol. The first-order valence-electron chi connectivity index (χ1n) is 4.55. The van der Waals surface area contributed by atoms with Gasteiger partial charge in [-0.1, -0.05) is 12.2 Å². The van der Waals surface area contributed by atoms with E-state index < -0.39 is 4.92 Å². The van der Waals surface area contributed by atoms with Gasteiger partial charge in [-0.3, -0.25) is 10.1 Å². The van der Waals surface area contributed by atoms with Crippen molar-refractivity contribution in [3.8, 4) is 0 Å². The van der Waals surface area contributed by atoms with Crippen LogP contribution < -0.4 is 11.5 Å². The minimum Gasteiger partial charge on any atom is -0.398 e. The predicted molar refractivity (Wildman–Crippen MR) is 60.2 cm³/mol. The smallest absolute Gasteiger partial charge is 0.270 e. The maximum absolute atomic E-state index is 10.5. The topological polar surface area (TPSA) is 95.2 Å². The van der Waals surface area contributed by atoms with Crippen LogP contribution in [0.4, 0.5) is 11.4 Å². The number of nitrogens with two attached hydrogens (primary N) is 2. The summed E-state index contributed by atoms with van der Waals surface area (Å²) in [5.74, 6) is 0. The summed E-state index contributed by atoms with van der Waals surface area (Å²) in [6, 6.07) is 4.36. The van der Waals surface area contributed by atoms with Crippen LogP contribution in [0.3, 0.4) is 0 Å². The molecule has 5 nitrogen and oxygen atoms in total. The Kier molecular flexibility index (Phi) is 3.82. The molecule has 80 valence electrons. The van der Waals surface area contributed by atoms with Crippen LogP contribution in [0.2, 0.25) is 0 Å². The summed E-state index contributed by atoms with van der Waals surface area (Å²) >= 11 is 0. The van der Waals surface area contributed by atoms with Gasteiger partial charge in [0.25, 0.3) is 5.69 Å². The van der Waals surface area contributed by atoms with E-state index in [9.17, 15) is 10.1 Å². The number of nitro benzene ring substituents is 1. The van der Waals surface area contributed by atoms with Gasteiger partial charge in [0.15, 0.2) is 0 Å². The van der Waals surface area contributed by atoms with Crippen LogP contribution in [0.25, 0.3) is 6.08 Å². The van der Waals surface area contributed by atoms with Crippen molar-refractivity contribution in [1.82, 2.24) is 0 Å². The van der Waals surface area contributed by atoms with Gasteiger partial charge >= 0.3 is 0 Å². The lowest BCUT2D eigenvalue weighted by atomic mass is 10.1. The van der Waals surface area contributed by atoms with E-state index in [1.165, 1.54) is 18.2 Å². The molecule has 0 saturated carbocycles. The van der Waals surface area contributed by atoms with Crippen LogP contribution in [-0.2, 0) is 0 Å². The first-order valence-corrected chi connectivity index (χ1v) is 4.55. The first-order chi connectivity index (χ1) is 7.15. The number of benzene rings is 1. The molecule has 0 aromatic heterocycles. The summed E-state index contributed by atoms with van der Waals surface area (Å²) in [5.41, 5.74) is 12.2. The van der Waals surface area contributed by atoms with Crippen LogP contribution in [0, 0.1) is 10.1 Å². The highest BCUT2D eigenvalue weighted by Crippen LogP contribution is 2.20. The van der Waals surface area contributed by atoms with Crippen LogP contribution in [-0.4, -0.2) is 11.5 Å². The van der Waals surface area contributed by atoms with E-state index in [-0.39, 0.29) is 5.69 Å². The summed E-state index contributed by atoms with van der Waals surface area (Å²) in [4.78, 5) is 10.1. The molecule has 0 radical (unpaired) electrons. The lowest BCUT2D eigenvalue weighted by Crippen LogP contribution is -1.96. The fourth-order valence-electron chi connectivity index (χ4n) is 1.13. The second-order valence-electron chi connectivity index (χ2n) is 3.05. The molecule has 1 aromatic rings. The SMILES string of the molecule is NCCC=Cc1cc([N+](=O)[O-])ccc1N. The molecular formula is C10H13N3O2. The number of nitrogen functional groups attached to an aromatic ring is 1. The van der Waals surface area contributed by atoms with Gasteiger partial charge in [-0.05, 0) is 19.0 Å². The molecule has 15 heavy (non-hydrogen) atoms. The predicted octanol–water partition coefficient (Wildman–Crippen LogP) is 1.54. The molecule has 0 unspecified atom stereocenters. The second kappa shape index (κ2) is 5.11. The van der Waals surface area contributed by atoms with Crippen molar-refractivity contribution < 1.29 is 4.92 Å². The average molecular weight is 207 g/mol. The van der Waals surface area contributed by atoms with Crippen LogP contribution in [0.1, 0.15) is 12.0 Å². The Balaban J connectivity index is 2.95. The molecule has 0 spiro atoms. The van der Waals surface area contributed by atoms with Gasteiger partial charge in [-0.2, -0.15) is 0 Å². The Morgan fingerprint density at radius 2 is 2.20 bits per heavy atom. The van der Waals surface area contributed by atoms with Gasteiger partial charge in [0.1, 0.15) is 0 Å². The van der Waals surface area contributed by atoms with Gasteiger partial charge in [-0.25, -0.2) is 0 Å². The molecule has 4 N–H and O–H groups in total. The van der Waals surface area contributed by atoms with Crippen LogP contribution in [0.5, 0.6) is 0 Å². The van der Waals surface area contributed by atoms with E-state index >= 15 is 0 Å². The van der Waals surface area contributed by atoms with E-state index in [1.807, 2.05) is 6.08 Å². The molecule has 0 aliphatic carbocycles. The van der Waals surface area contributed by atoms with Gasteiger partial charge in [-0.15, -0.1) is 0 Å². The van der Waals surface area contributed by atoms with Crippen molar-refractivity contribution in [3.05, 3.63) is 40.0 Å². The Morgan fingerprint density at radius 1 is 1.47 bits per heavy atom. The zero-order valence-corrected chi connectivity index (χ0v) is 8.22. The number of anilines is 1. The molecule has 0 saturated heterocycles. The van der Waals surface area contributed by atoms with Gasteiger partial charge in [0.05, 0.1) is 4.92 Å². The Labute approximate surface area is 87.5 Å². The Bertz CT molecular complexity index is 388. The second-order valence-corrected chi connectivity index (χ2v) is 3.05. The normalized spacial score (nSPS) is 10.7. The van der Waals surface area contributed by atoms with E-state index in [4.69, 9.17) is 11.5 Å². The van der Waals surface area contributed by atoms with Crippen molar-refractivity contribution in [3.63, 3.8) is 0 Å². The molecule has 1 rings (SSSR count). The molecule has 0 amide bonds. The molecule has 0 atom stereocenters. The molecule has 0 bridgehead atoms. The molecule has 1 aromatic carbocycles. The third-order valence-electron chi connectivity index (χ3n) is 1.91. The van der Waals surface area contributed by atoms with E-state index in [0.29, 0.717) is 17.8 Å². The highest BCUT2D eigenvalue weighted by atomic mass is 16.6. The fourth-order valence-corrected chi connectivity index (χ4v) is 1.13. The van der Waals surface area contributed by atoms with E-state index in [1.54, 1.807) is 6.08 Å². The molecule has 5 heteroatoms. The first kappa shape index (κ1) is 11.2. The minimum absolute atomic E-state index is 0.0385. The molecule has 0 aliphatic rings. The standard InChI is InChI=1S/C10H13N3O2/c11-6-2-1-3-8-7-9(13(14)15)4-5-10(8)12/h1,3-5,7H,2,6,11-12H2. The van der Waals surface area contributed by atoms with Crippen molar-refractivity contribution in [2.45, 2.75) is 6.42 Å². The van der Waals surface area contributed by atoms with Crippen molar-refractivity contribution in [2.75, 3.05) is 12.3 Å². The third kappa shape index (κ3) is 3.07. The van der Waals surface area contributed by atoms with Crippen molar-refractivity contribution >= 4 is 17.5 Å². The molecule has 0 heterocycles. The largest absolute Gasteiger partial charge is 0.398 e. The summed E-state index contributed by atoms with van der Waals surface area (Å²) in [6.45, 7) is 0.547. The summed E-state index contributed by atoms with van der Waals surface area (Å²) in [7, 11) is 0. The van der Waals surface area contributed by atoms with Crippen molar-refractivity contribution in [1.29, 1.82) is 0 Å². The average Bonchev–Trinajstić information content (AvgIpc) is 2.20. The van der Waals surface area contributed by atoms with Gasteiger partial charge in [0.2, 0.25) is 0 Å². The van der Waals surface area contributed by atoms with E-state index in [0.717, 1.165) is 6.42 Å². The maximum Gasteiger partial charge on any atom is 0.270 e. The number of hydrogen-bond acceptors (Lipinski definition) is 4. The van der Waals surface area contributed by atoms with Gasteiger partial charge in [0, 0.05) is 23.4 Å². The van der Waals surface area contributed by atoms with Gasteiger partial charge < -0.3 is 11.5 Å². The molecule has 0 aliphatic heterocycles. The van der Waals surface area contributed by atoms with Crippen LogP contribution >= 0.6 is 0 Å². The highest BCUT2D eigenvalue weighted by Gasteiger charge is 2.06.